The lowest BCUT2D eigenvalue weighted by Crippen LogP contribution is -2.15. The van der Waals surface area contributed by atoms with Crippen LogP contribution in [0.1, 0.15) is 16.1 Å². The smallest absolute Gasteiger partial charge is 0.310 e. The highest BCUT2D eigenvalue weighted by Gasteiger charge is 2.14. The lowest BCUT2D eigenvalue weighted by Gasteiger charge is -2.09. The van der Waals surface area contributed by atoms with E-state index in [4.69, 9.17) is 0 Å². The molecule has 0 saturated heterocycles. The van der Waals surface area contributed by atoms with Gasteiger partial charge in [0.2, 0.25) is 0 Å². The van der Waals surface area contributed by atoms with Gasteiger partial charge in [0, 0.05) is 11.9 Å². The van der Waals surface area contributed by atoms with Gasteiger partial charge in [-0.15, -0.1) is 0 Å². The second-order valence-corrected chi connectivity index (χ2v) is 5.49. The number of hydrogen-bond acceptors (Lipinski definition) is 4. The number of methoxy groups -OCH3 is 1. The van der Waals surface area contributed by atoms with E-state index in [-0.39, 0.29) is 17.9 Å². The maximum atomic E-state index is 13.3. The number of hydrogen-bond donors (Lipinski definition) is 1. The number of nitrogens with zero attached hydrogens (tertiary/aromatic N) is 2. The van der Waals surface area contributed by atoms with Crippen molar-refractivity contribution < 1.29 is 18.7 Å². The molecule has 6 nitrogen and oxygen atoms in total. The number of anilines is 1. The van der Waals surface area contributed by atoms with Crippen molar-refractivity contribution in [3.63, 3.8) is 0 Å². The zero-order valence-corrected chi connectivity index (χ0v) is 14.0. The van der Waals surface area contributed by atoms with Crippen LogP contribution in [0.4, 0.5) is 10.1 Å². The molecular formula is C19H16FN3O3. The van der Waals surface area contributed by atoms with Crippen LogP contribution in [0.25, 0.3) is 5.69 Å². The third kappa shape index (κ3) is 3.94. The largest absolute Gasteiger partial charge is 0.469 e. The van der Waals surface area contributed by atoms with Crippen LogP contribution in [0.2, 0.25) is 0 Å². The van der Waals surface area contributed by atoms with E-state index in [9.17, 15) is 14.0 Å². The third-order valence-electron chi connectivity index (χ3n) is 3.72. The Morgan fingerprint density at radius 3 is 2.73 bits per heavy atom. The Hall–Kier alpha value is -3.48. The van der Waals surface area contributed by atoms with Gasteiger partial charge in [-0.25, -0.2) is 9.07 Å². The fourth-order valence-electron chi connectivity index (χ4n) is 2.42. The normalized spacial score (nSPS) is 10.4. The molecule has 3 aromatic rings. The number of aromatic nitrogens is 2. The molecule has 0 unspecified atom stereocenters. The molecule has 0 radical (unpaired) electrons. The highest BCUT2D eigenvalue weighted by atomic mass is 19.1. The SMILES string of the molecule is COC(=O)Cc1ccccc1NC(=O)c1ccn(-c2cccc(F)c2)n1. The summed E-state index contributed by atoms with van der Waals surface area (Å²) in [5, 5.41) is 6.91. The highest BCUT2D eigenvalue weighted by molar-refractivity contribution is 6.03. The summed E-state index contributed by atoms with van der Waals surface area (Å²) in [6, 6.07) is 14.4. The second-order valence-electron chi connectivity index (χ2n) is 5.49. The van der Waals surface area contributed by atoms with Gasteiger partial charge >= 0.3 is 5.97 Å². The molecule has 1 N–H and O–H groups in total. The molecule has 0 fully saturated rings. The van der Waals surface area contributed by atoms with E-state index in [2.05, 4.69) is 15.2 Å². The van der Waals surface area contributed by atoms with Crippen LogP contribution in [-0.4, -0.2) is 28.8 Å². The minimum absolute atomic E-state index is 0.0463. The van der Waals surface area contributed by atoms with Crippen molar-refractivity contribution in [2.24, 2.45) is 0 Å². The molecule has 0 aliphatic carbocycles. The van der Waals surface area contributed by atoms with E-state index in [1.54, 1.807) is 42.6 Å². The van der Waals surface area contributed by atoms with Crippen molar-refractivity contribution in [1.29, 1.82) is 0 Å². The molecule has 0 saturated carbocycles. The summed E-state index contributed by atoms with van der Waals surface area (Å²) in [6.07, 6.45) is 1.62. The van der Waals surface area contributed by atoms with Crippen LogP contribution in [0, 0.1) is 5.82 Å². The molecule has 0 aliphatic heterocycles. The number of carbonyl (C=O) groups excluding carboxylic acids is 2. The van der Waals surface area contributed by atoms with Crippen LogP contribution >= 0.6 is 0 Å². The maximum Gasteiger partial charge on any atom is 0.310 e. The van der Waals surface area contributed by atoms with E-state index >= 15 is 0 Å². The first-order chi connectivity index (χ1) is 12.6. The monoisotopic (exact) mass is 353 g/mol. The van der Waals surface area contributed by atoms with E-state index in [0.717, 1.165) is 0 Å². The summed E-state index contributed by atoms with van der Waals surface area (Å²) in [5.41, 5.74) is 1.82. The maximum absolute atomic E-state index is 13.3. The number of esters is 1. The Balaban J connectivity index is 1.78. The van der Waals surface area contributed by atoms with Crippen molar-refractivity contribution in [2.45, 2.75) is 6.42 Å². The van der Waals surface area contributed by atoms with Gasteiger partial charge in [-0.1, -0.05) is 24.3 Å². The standard InChI is InChI=1S/C19H16FN3O3/c1-26-18(24)11-13-5-2-3-8-16(13)21-19(25)17-9-10-23(22-17)15-7-4-6-14(20)12-15/h2-10,12H,11H2,1H3,(H,21,25). The van der Waals surface area contributed by atoms with Gasteiger partial charge in [0.15, 0.2) is 5.69 Å². The zero-order chi connectivity index (χ0) is 18.5. The summed E-state index contributed by atoms with van der Waals surface area (Å²) in [5.74, 6) is -1.22. The molecule has 3 rings (SSSR count). The van der Waals surface area contributed by atoms with Gasteiger partial charge < -0.3 is 10.1 Å². The molecule has 1 amide bonds. The van der Waals surface area contributed by atoms with Crippen LogP contribution in [0.15, 0.2) is 60.8 Å². The first kappa shape index (κ1) is 17.3. The van der Waals surface area contributed by atoms with E-state index in [1.165, 1.54) is 30.0 Å². The fraction of sp³-hybridized carbons (Fsp3) is 0.105. The van der Waals surface area contributed by atoms with Crippen molar-refractivity contribution in [1.82, 2.24) is 9.78 Å². The summed E-state index contributed by atoms with van der Waals surface area (Å²) >= 11 is 0. The molecule has 2 aromatic carbocycles. The van der Waals surface area contributed by atoms with Gasteiger partial charge in [-0.05, 0) is 35.9 Å². The van der Waals surface area contributed by atoms with Crippen molar-refractivity contribution in [2.75, 3.05) is 12.4 Å². The first-order valence-electron chi connectivity index (χ1n) is 7.84. The third-order valence-corrected chi connectivity index (χ3v) is 3.72. The van der Waals surface area contributed by atoms with Gasteiger partial charge in [-0.2, -0.15) is 5.10 Å². The molecule has 1 aromatic heterocycles. The summed E-state index contributed by atoms with van der Waals surface area (Å²) < 4.78 is 19.4. The van der Waals surface area contributed by atoms with E-state index in [1.807, 2.05) is 0 Å². The minimum atomic E-state index is -0.433. The van der Waals surface area contributed by atoms with Crippen molar-refractivity contribution in [3.05, 3.63) is 77.9 Å². The summed E-state index contributed by atoms with van der Waals surface area (Å²) in [7, 11) is 1.31. The molecular weight excluding hydrogens is 337 g/mol. The molecule has 132 valence electrons. The number of halogens is 1. The number of rotatable bonds is 5. The summed E-state index contributed by atoms with van der Waals surface area (Å²) in [4.78, 5) is 24.0. The number of amides is 1. The Morgan fingerprint density at radius 1 is 1.15 bits per heavy atom. The zero-order valence-electron chi connectivity index (χ0n) is 14.0. The van der Waals surface area contributed by atoms with E-state index < -0.39 is 11.9 Å². The predicted molar refractivity (Wildman–Crippen MR) is 93.6 cm³/mol. The predicted octanol–water partition coefficient (Wildman–Crippen LogP) is 2.98. The average Bonchev–Trinajstić information content (AvgIpc) is 3.13. The molecule has 0 atom stereocenters. The lowest BCUT2D eigenvalue weighted by atomic mass is 10.1. The first-order valence-corrected chi connectivity index (χ1v) is 7.84. The fourth-order valence-corrected chi connectivity index (χ4v) is 2.42. The quantitative estimate of drug-likeness (QED) is 0.716. The van der Waals surface area contributed by atoms with Gasteiger partial charge in [0.25, 0.3) is 5.91 Å². The molecule has 0 aliphatic rings. The minimum Gasteiger partial charge on any atom is -0.469 e. The number of benzene rings is 2. The number of nitrogens with one attached hydrogen (secondary N) is 1. The number of ether oxygens (including phenoxy) is 1. The topological polar surface area (TPSA) is 73.2 Å². The van der Waals surface area contributed by atoms with Gasteiger partial charge in [-0.3, -0.25) is 9.59 Å². The van der Waals surface area contributed by atoms with Gasteiger partial charge in [0.05, 0.1) is 19.2 Å². The van der Waals surface area contributed by atoms with Crippen LogP contribution in [0.3, 0.4) is 0 Å². The van der Waals surface area contributed by atoms with Crippen LogP contribution in [0.5, 0.6) is 0 Å². The Kier molecular flexibility index (Phi) is 5.07. The van der Waals surface area contributed by atoms with Crippen molar-refractivity contribution in [3.8, 4) is 5.69 Å². The van der Waals surface area contributed by atoms with Crippen molar-refractivity contribution >= 4 is 17.6 Å². The molecule has 1 heterocycles. The Labute approximate surface area is 149 Å². The Bertz CT molecular complexity index is 952. The summed E-state index contributed by atoms with van der Waals surface area (Å²) in [6.45, 7) is 0. The van der Waals surface area contributed by atoms with Crippen LogP contribution in [-0.2, 0) is 16.0 Å². The molecule has 26 heavy (non-hydrogen) atoms. The highest BCUT2D eigenvalue weighted by Crippen LogP contribution is 2.17. The Morgan fingerprint density at radius 2 is 1.96 bits per heavy atom. The molecule has 0 bridgehead atoms. The van der Waals surface area contributed by atoms with Crippen LogP contribution < -0.4 is 5.32 Å². The average molecular weight is 353 g/mol. The second kappa shape index (κ2) is 7.60. The number of carbonyl (C=O) groups is 2. The molecule has 0 spiro atoms. The van der Waals surface area contributed by atoms with Gasteiger partial charge in [0.1, 0.15) is 5.82 Å². The molecule has 7 heteroatoms. The number of para-hydroxylation sites is 1. The lowest BCUT2D eigenvalue weighted by molar-refractivity contribution is -0.139. The van der Waals surface area contributed by atoms with E-state index in [0.29, 0.717) is 16.9 Å².